The van der Waals surface area contributed by atoms with Crippen LogP contribution in [0.15, 0.2) is 24.3 Å². The highest BCUT2D eigenvalue weighted by atomic mass is 16.5. The lowest BCUT2D eigenvalue weighted by Crippen LogP contribution is -2.14. The molecule has 0 saturated carbocycles. The summed E-state index contributed by atoms with van der Waals surface area (Å²) >= 11 is 0. The van der Waals surface area contributed by atoms with Crippen molar-refractivity contribution in [3.63, 3.8) is 0 Å². The van der Waals surface area contributed by atoms with Crippen molar-refractivity contribution in [3.05, 3.63) is 29.8 Å². The molecule has 0 aliphatic carbocycles. The second-order valence-corrected chi connectivity index (χ2v) is 3.55. The van der Waals surface area contributed by atoms with Crippen LogP contribution in [0, 0.1) is 0 Å². The normalized spacial score (nSPS) is 10.0. The van der Waals surface area contributed by atoms with Crippen molar-refractivity contribution in [3.8, 4) is 11.8 Å². The lowest BCUT2D eigenvalue weighted by atomic mass is 10.2. The molecule has 1 aromatic carbocycles. The van der Waals surface area contributed by atoms with E-state index in [1.165, 1.54) is 7.11 Å². The fraction of sp³-hybridized carbons (Fsp3) is 0.250. The van der Waals surface area contributed by atoms with Crippen molar-refractivity contribution in [1.82, 2.24) is 15.2 Å². The molecule has 1 amide bonds. The molecule has 0 aliphatic rings. The third kappa shape index (κ3) is 3.01. The van der Waals surface area contributed by atoms with E-state index in [0.717, 1.165) is 0 Å². The fourth-order valence-corrected chi connectivity index (χ4v) is 1.50. The number of carbonyl (C=O) groups excluding carboxylic acids is 1. The van der Waals surface area contributed by atoms with Gasteiger partial charge in [0.2, 0.25) is 5.95 Å². The highest BCUT2D eigenvalue weighted by Gasteiger charge is 2.14. The SMILES string of the molecule is CCOc1ccccc1C(=O)Nc1nc(OC)n[nH]1. The number of methoxy groups -OCH3 is 1. The monoisotopic (exact) mass is 262 g/mol. The van der Waals surface area contributed by atoms with Crippen LogP contribution in [0.4, 0.5) is 5.95 Å². The summed E-state index contributed by atoms with van der Waals surface area (Å²) in [6, 6.07) is 7.14. The number of benzene rings is 1. The molecular weight excluding hydrogens is 248 g/mol. The zero-order valence-corrected chi connectivity index (χ0v) is 10.6. The van der Waals surface area contributed by atoms with Crippen LogP contribution in [0.5, 0.6) is 11.8 Å². The van der Waals surface area contributed by atoms with E-state index in [9.17, 15) is 4.79 Å². The van der Waals surface area contributed by atoms with Crippen LogP contribution >= 0.6 is 0 Å². The lowest BCUT2D eigenvalue weighted by Gasteiger charge is -2.08. The number of anilines is 1. The summed E-state index contributed by atoms with van der Waals surface area (Å²) in [5.74, 6) is 0.407. The van der Waals surface area contributed by atoms with Crippen molar-refractivity contribution in [1.29, 1.82) is 0 Å². The molecule has 1 heterocycles. The predicted molar refractivity (Wildman–Crippen MR) is 68.5 cm³/mol. The quantitative estimate of drug-likeness (QED) is 0.851. The highest BCUT2D eigenvalue weighted by Crippen LogP contribution is 2.19. The van der Waals surface area contributed by atoms with Crippen LogP contribution < -0.4 is 14.8 Å². The Kier molecular flexibility index (Phi) is 3.97. The first-order chi connectivity index (χ1) is 9.24. The molecule has 7 heteroatoms. The molecule has 0 unspecified atom stereocenters. The predicted octanol–water partition coefficient (Wildman–Crippen LogP) is 1.46. The van der Waals surface area contributed by atoms with Crippen LogP contribution in [-0.4, -0.2) is 34.8 Å². The molecule has 0 saturated heterocycles. The molecule has 7 nitrogen and oxygen atoms in total. The van der Waals surface area contributed by atoms with E-state index in [4.69, 9.17) is 9.47 Å². The number of nitrogens with one attached hydrogen (secondary N) is 2. The molecule has 0 bridgehead atoms. The Balaban J connectivity index is 2.15. The second-order valence-electron chi connectivity index (χ2n) is 3.55. The van der Waals surface area contributed by atoms with E-state index >= 15 is 0 Å². The Morgan fingerprint density at radius 3 is 2.89 bits per heavy atom. The van der Waals surface area contributed by atoms with Gasteiger partial charge < -0.3 is 9.47 Å². The van der Waals surface area contributed by atoms with Gasteiger partial charge in [-0.2, -0.15) is 4.98 Å². The van der Waals surface area contributed by atoms with Crippen molar-refractivity contribution in [2.75, 3.05) is 19.0 Å². The largest absolute Gasteiger partial charge is 0.493 e. The maximum absolute atomic E-state index is 12.1. The van der Waals surface area contributed by atoms with Gasteiger partial charge in [-0.05, 0) is 19.1 Å². The Morgan fingerprint density at radius 2 is 2.21 bits per heavy atom. The summed E-state index contributed by atoms with van der Waals surface area (Å²) in [5.41, 5.74) is 0.430. The lowest BCUT2D eigenvalue weighted by molar-refractivity contribution is 0.102. The average molecular weight is 262 g/mol. The van der Waals surface area contributed by atoms with Crippen LogP contribution in [0.2, 0.25) is 0 Å². The fourth-order valence-electron chi connectivity index (χ4n) is 1.50. The molecule has 0 aliphatic heterocycles. The number of amides is 1. The molecule has 100 valence electrons. The summed E-state index contributed by atoms with van der Waals surface area (Å²) in [6.45, 7) is 2.34. The van der Waals surface area contributed by atoms with Crippen LogP contribution in [0.1, 0.15) is 17.3 Å². The van der Waals surface area contributed by atoms with E-state index in [-0.39, 0.29) is 17.9 Å². The average Bonchev–Trinajstić information content (AvgIpc) is 2.87. The van der Waals surface area contributed by atoms with Crippen molar-refractivity contribution in [2.24, 2.45) is 0 Å². The minimum atomic E-state index is -0.331. The number of nitrogens with zero attached hydrogens (tertiary/aromatic N) is 2. The van der Waals surface area contributed by atoms with Crippen LogP contribution in [0.3, 0.4) is 0 Å². The van der Waals surface area contributed by atoms with Gasteiger partial charge in [0.05, 0.1) is 19.3 Å². The first kappa shape index (κ1) is 12.9. The molecule has 0 spiro atoms. The number of hydrogen-bond donors (Lipinski definition) is 2. The Hall–Kier alpha value is -2.57. The highest BCUT2D eigenvalue weighted by molar-refractivity contribution is 6.05. The zero-order valence-electron chi connectivity index (χ0n) is 10.6. The number of aromatic amines is 1. The van der Waals surface area contributed by atoms with E-state index in [1.54, 1.807) is 24.3 Å². The number of carbonyl (C=O) groups is 1. The maximum Gasteiger partial charge on any atom is 0.336 e. The first-order valence-corrected chi connectivity index (χ1v) is 5.74. The molecule has 1 aromatic heterocycles. The van der Waals surface area contributed by atoms with Gasteiger partial charge in [0, 0.05) is 0 Å². The van der Waals surface area contributed by atoms with Gasteiger partial charge in [-0.15, -0.1) is 5.10 Å². The van der Waals surface area contributed by atoms with Crippen molar-refractivity contribution < 1.29 is 14.3 Å². The van der Waals surface area contributed by atoms with Crippen LogP contribution in [0.25, 0.3) is 0 Å². The smallest absolute Gasteiger partial charge is 0.336 e. The summed E-state index contributed by atoms with van der Waals surface area (Å²) in [4.78, 5) is 16.0. The maximum atomic E-state index is 12.1. The molecule has 0 atom stereocenters. The summed E-state index contributed by atoms with van der Waals surface area (Å²) in [6.07, 6.45) is 0. The number of para-hydroxylation sites is 1. The van der Waals surface area contributed by atoms with Crippen molar-refractivity contribution >= 4 is 11.9 Å². The molecule has 0 radical (unpaired) electrons. The number of aromatic nitrogens is 3. The summed E-state index contributed by atoms with van der Waals surface area (Å²) < 4.78 is 10.2. The van der Waals surface area contributed by atoms with Crippen LogP contribution in [-0.2, 0) is 0 Å². The Morgan fingerprint density at radius 1 is 1.42 bits per heavy atom. The van der Waals surface area contributed by atoms with Gasteiger partial charge in [-0.1, -0.05) is 12.1 Å². The second kappa shape index (κ2) is 5.85. The van der Waals surface area contributed by atoms with Gasteiger partial charge in [0.25, 0.3) is 5.91 Å². The summed E-state index contributed by atoms with van der Waals surface area (Å²) in [7, 11) is 1.44. The Labute approximate surface area is 110 Å². The number of rotatable bonds is 5. The summed E-state index contributed by atoms with van der Waals surface area (Å²) in [5, 5.41) is 8.87. The molecule has 19 heavy (non-hydrogen) atoms. The third-order valence-corrected chi connectivity index (χ3v) is 2.31. The van der Waals surface area contributed by atoms with Gasteiger partial charge in [0.15, 0.2) is 0 Å². The Bertz CT molecular complexity index is 568. The minimum absolute atomic E-state index is 0.161. The van der Waals surface area contributed by atoms with E-state index < -0.39 is 0 Å². The van der Waals surface area contributed by atoms with Gasteiger partial charge in [0.1, 0.15) is 5.75 Å². The number of hydrogen-bond acceptors (Lipinski definition) is 5. The molecular formula is C12H14N4O3. The molecule has 2 aromatic rings. The zero-order chi connectivity index (χ0) is 13.7. The van der Waals surface area contributed by atoms with E-state index in [0.29, 0.717) is 17.9 Å². The first-order valence-electron chi connectivity index (χ1n) is 5.74. The third-order valence-electron chi connectivity index (χ3n) is 2.31. The molecule has 2 N–H and O–H groups in total. The van der Waals surface area contributed by atoms with Crippen molar-refractivity contribution in [2.45, 2.75) is 6.92 Å². The number of H-pyrrole nitrogens is 1. The van der Waals surface area contributed by atoms with Gasteiger partial charge in [-0.25, -0.2) is 5.10 Å². The number of ether oxygens (including phenoxy) is 2. The van der Waals surface area contributed by atoms with Gasteiger partial charge in [-0.3, -0.25) is 10.1 Å². The standard InChI is InChI=1S/C12H14N4O3/c1-3-19-9-7-5-4-6-8(9)10(17)13-11-14-12(18-2)16-15-11/h4-7H,3H2,1-2H3,(H2,13,14,15,16,17). The molecule has 0 fully saturated rings. The topological polar surface area (TPSA) is 89.1 Å². The van der Waals surface area contributed by atoms with E-state index in [1.807, 2.05) is 6.92 Å². The molecule has 2 rings (SSSR count). The van der Waals surface area contributed by atoms with E-state index in [2.05, 4.69) is 20.5 Å². The minimum Gasteiger partial charge on any atom is -0.493 e. The van der Waals surface area contributed by atoms with Gasteiger partial charge >= 0.3 is 6.01 Å².